The summed E-state index contributed by atoms with van der Waals surface area (Å²) in [6, 6.07) is 24.4. The normalized spacial score (nSPS) is 10.5. The standard InChI is InChI=1S/C25H25NO2.C2H6/c1-3-15-28-22-12-9-19(10-13-22)17-26-24-14-11-21(27)16-23(24)18(2)25(26)20-7-5-4-6-8-20;1-2/h4-14,16,27H,3,15,17H2,1-2H3;1-2H3. The molecule has 3 nitrogen and oxygen atoms in total. The van der Waals surface area contributed by atoms with Crippen molar-refractivity contribution in [3.05, 3.63) is 83.9 Å². The van der Waals surface area contributed by atoms with Gasteiger partial charge in [0, 0.05) is 17.4 Å². The maximum absolute atomic E-state index is 9.99. The van der Waals surface area contributed by atoms with Crippen molar-refractivity contribution in [3.8, 4) is 22.8 Å². The largest absolute Gasteiger partial charge is 0.508 e. The Balaban J connectivity index is 0.00000124. The van der Waals surface area contributed by atoms with E-state index in [2.05, 4.69) is 54.8 Å². The molecule has 0 unspecified atom stereocenters. The lowest BCUT2D eigenvalue weighted by Gasteiger charge is -2.13. The van der Waals surface area contributed by atoms with Gasteiger partial charge in [-0.2, -0.15) is 0 Å². The Labute approximate surface area is 179 Å². The molecule has 0 saturated heterocycles. The molecule has 0 radical (unpaired) electrons. The van der Waals surface area contributed by atoms with Gasteiger partial charge in [-0.3, -0.25) is 0 Å². The molecule has 0 amide bonds. The van der Waals surface area contributed by atoms with E-state index in [-0.39, 0.29) is 0 Å². The van der Waals surface area contributed by atoms with E-state index in [0.717, 1.165) is 36.2 Å². The fourth-order valence-electron chi connectivity index (χ4n) is 3.74. The summed E-state index contributed by atoms with van der Waals surface area (Å²) in [6.07, 6.45) is 1.00. The van der Waals surface area contributed by atoms with Gasteiger partial charge >= 0.3 is 0 Å². The molecule has 0 fully saturated rings. The zero-order chi connectivity index (χ0) is 21.5. The number of aromatic hydroxyl groups is 1. The molecular weight excluding hydrogens is 370 g/mol. The van der Waals surface area contributed by atoms with Crippen molar-refractivity contribution >= 4 is 10.9 Å². The third kappa shape index (κ3) is 4.51. The van der Waals surface area contributed by atoms with Crippen molar-refractivity contribution < 1.29 is 9.84 Å². The Hall–Kier alpha value is -3.20. The Kier molecular flexibility index (Phi) is 7.18. The van der Waals surface area contributed by atoms with Gasteiger partial charge in [0.05, 0.1) is 12.3 Å². The summed E-state index contributed by atoms with van der Waals surface area (Å²) < 4.78 is 8.04. The van der Waals surface area contributed by atoms with Gasteiger partial charge in [-0.15, -0.1) is 0 Å². The van der Waals surface area contributed by atoms with Crippen molar-refractivity contribution in [2.45, 2.75) is 40.7 Å². The minimum Gasteiger partial charge on any atom is -0.508 e. The Bertz CT molecular complexity index is 1080. The second-order valence-corrected chi connectivity index (χ2v) is 7.12. The minimum atomic E-state index is 0.296. The Morgan fingerprint density at radius 2 is 1.60 bits per heavy atom. The second-order valence-electron chi connectivity index (χ2n) is 7.12. The molecule has 0 saturated carbocycles. The number of phenolic OH excluding ortho intramolecular Hbond substituents is 1. The Morgan fingerprint density at radius 1 is 0.900 bits per heavy atom. The number of hydrogen-bond donors (Lipinski definition) is 1. The molecule has 0 aliphatic heterocycles. The van der Waals surface area contributed by atoms with Crippen LogP contribution in [0, 0.1) is 6.92 Å². The smallest absolute Gasteiger partial charge is 0.119 e. The van der Waals surface area contributed by atoms with E-state index in [1.54, 1.807) is 6.07 Å². The SMILES string of the molecule is CC.CCCOc1ccc(Cn2c(-c3ccccc3)c(C)c3cc(O)ccc32)cc1. The molecule has 0 spiro atoms. The van der Waals surface area contributed by atoms with Gasteiger partial charge in [0.25, 0.3) is 0 Å². The average molecular weight is 402 g/mol. The zero-order valence-electron chi connectivity index (χ0n) is 18.4. The van der Waals surface area contributed by atoms with Crippen LogP contribution in [0.15, 0.2) is 72.8 Å². The van der Waals surface area contributed by atoms with E-state index in [1.165, 1.54) is 22.4 Å². The van der Waals surface area contributed by atoms with E-state index in [9.17, 15) is 5.11 Å². The highest BCUT2D eigenvalue weighted by molar-refractivity contribution is 5.92. The fraction of sp³-hybridized carbons (Fsp3) is 0.259. The van der Waals surface area contributed by atoms with Crippen LogP contribution in [0.2, 0.25) is 0 Å². The highest BCUT2D eigenvalue weighted by Crippen LogP contribution is 2.35. The van der Waals surface area contributed by atoms with Crippen molar-refractivity contribution in [3.63, 3.8) is 0 Å². The topological polar surface area (TPSA) is 34.4 Å². The molecule has 156 valence electrons. The molecule has 3 heteroatoms. The van der Waals surface area contributed by atoms with Crippen molar-refractivity contribution in [2.75, 3.05) is 6.61 Å². The molecule has 30 heavy (non-hydrogen) atoms. The third-order valence-electron chi connectivity index (χ3n) is 5.08. The molecule has 1 aromatic heterocycles. The van der Waals surface area contributed by atoms with Crippen LogP contribution in [0.4, 0.5) is 0 Å². The molecular formula is C27H31NO2. The van der Waals surface area contributed by atoms with Gasteiger partial charge < -0.3 is 14.4 Å². The van der Waals surface area contributed by atoms with Crippen LogP contribution in [0.3, 0.4) is 0 Å². The highest BCUT2D eigenvalue weighted by Gasteiger charge is 2.16. The molecule has 3 aromatic carbocycles. The number of nitrogens with zero attached hydrogens (tertiary/aromatic N) is 1. The van der Waals surface area contributed by atoms with Crippen LogP contribution in [-0.4, -0.2) is 16.3 Å². The number of ether oxygens (including phenoxy) is 1. The number of aryl methyl sites for hydroxylation is 1. The van der Waals surface area contributed by atoms with Crippen molar-refractivity contribution in [1.82, 2.24) is 4.57 Å². The van der Waals surface area contributed by atoms with Gasteiger partial charge in [0.1, 0.15) is 11.5 Å². The summed E-state index contributed by atoms with van der Waals surface area (Å²) in [5.74, 6) is 1.21. The molecule has 4 rings (SSSR count). The van der Waals surface area contributed by atoms with Crippen LogP contribution in [0.5, 0.6) is 11.5 Å². The third-order valence-corrected chi connectivity index (χ3v) is 5.08. The number of benzene rings is 3. The molecule has 0 aliphatic carbocycles. The number of rotatable bonds is 6. The minimum absolute atomic E-state index is 0.296. The van der Waals surface area contributed by atoms with Crippen LogP contribution in [-0.2, 0) is 6.54 Å². The summed E-state index contributed by atoms with van der Waals surface area (Å²) in [5, 5.41) is 11.1. The number of aromatic nitrogens is 1. The number of hydrogen-bond acceptors (Lipinski definition) is 2. The summed E-state index contributed by atoms with van der Waals surface area (Å²) in [5.41, 5.74) is 5.89. The van der Waals surface area contributed by atoms with Crippen LogP contribution in [0.1, 0.15) is 38.3 Å². The first-order valence-electron chi connectivity index (χ1n) is 10.8. The monoisotopic (exact) mass is 401 g/mol. The first-order valence-corrected chi connectivity index (χ1v) is 10.8. The van der Waals surface area contributed by atoms with Gasteiger partial charge in [0.15, 0.2) is 0 Å². The number of fused-ring (bicyclic) bond motifs is 1. The molecule has 4 aromatic rings. The van der Waals surface area contributed by atoms with Crippen LogP contribution in [0.25, 0.3) is 22.2 Å². The molecule has 0 aliphatic rings. The summed E-state index contributed by atoms with van der Waals surface area (Å²) in [7, 11) is 0. The number of phenols is 1. The summed E-state index contributed by atoms with van der Waals surface area (Å²) in [4.78, 5) is 0. The molecule has 0 bridgehead atoms. The maximum atomic E-state index is 9.99. The maximum Gasteiger partial charge on any atom is 0.119 e. The lowest BCUT2D eigenvalue weighted by Crippen LogP contribution is -2.02. The highest BCUT2D eigenvalue weighted by atomic mass is 16.5. The quantitative estimate of drug-likeness (QED) is 0.371. The molecule has 0 atom stereocenters. The van der Waals surface area contributed by atoms with E-state index >= 15 is 0 Å². The fourth-order valence-corrected chi connectivity index (χ4v) is 3.74. The van der Waals surface area contributed by atoms with E-state index in [0.29, 0.717) is 5.75 Å². The predicted molar refractivity (Wildman–Crippen MR) is 126 cm³/mol. The average Bonchev–Trinajstić information content (AvgIpc) is 3.06. The lowest BCUT2D eigenvalue weighted by atomic mass is 10.1. The lowest BCUT2D eigenvalue weighted by molar-refractivity contribution is 0.317. The van der Waals surface area contributed by atoms with Gasteiger partial charge in [-0.1, -0.05) is 63.2 Å². The van der Waals surface area contributed by atoms with Gasteiger partial charge in [0.2, 0.25) is 0 Å². The Morgan fingerprint density at radius 3 is 2.27 bits per heavy atom. The van der Waals surface area contributed by atoms with E-state index in [4.69, 9.17) is 4.74 Å². The predicted octanol–water partition coefficient (Wildman–Crippen LogP) is 7.19. The van der Waals surface area contributed by atoms with E-state index in [1.807, 2.05) is 44.2 Å². The zero-order valence-corrected chi connectivity index (χ0v) is 18.4. The van der Waals surface area contributed by atoms with Crippen molar-refractivity contribution in [2.24, 2.45) is 0 Å². The van der Waals surface area contributed by atoms with Gasteiger partial charge in [-0.05, 0) is 60.4 Å². The first-order chi connectivity index (χ1) is 14.7. The van der Waals surface area contributed by atoms with E-state index < -0.39 is 0 Å². The van der Waals surface area contributed by atoms with Gasteiger partial charge in [-0.25, -0.2) is 0 Å². The van der Waals surface area contributed by atoms with Crippen LogP contribution >= 0.6 is 0 Å². The second kappa shape index (κ2) is 10.0. The summed E-state index contributed by atoms with van der Waals surface area (Å²) in [6.45, 7) is 9.73. The first kappa shape index (κ1) is 21.5. The summed E-state index contributed by atoms with van der Waals surface area (Å²) >= 11 is 0. The van der Waals surface area contributed by atoms with Crippen LogP contribution < -0.4 is 4.74 Å². The molecule has 1 N–H and O–H groups in total. The van der Waals surface area contributed by atoms with Crippen molar-refractivity contribution in [1.29, 1.82) is 0 Å². The molecule has 1 heterocycles.